The Morgan fingerprint density at radius 2 is 1.90 bits per heavy atom. The molecule has 0 saturated heterocycles. The van der Waals surface area contributed by atoms with Gasteiger partial charge in [-0.05, 0) is 19.7 Å². The standard InChI is InChI=1S/C15H19N5O/c1-20(2)12(11-6-4-3-5-7-11)10-19-15(21)13-14(16)18-9-8-17-13/h3-9,12H,10H2,1-2H3,(H2,16,18)(H,19,21). The number of nitrogens with two attached hydrogens (primary N) is 1. The Morgan fingerprint density at radius 3 is 2.52 bits per heavy atom. The summed E-state index contributed by atoms with van der Waals surface area (Å²) in [5, 5.41) is 2.86. The summed E-state index contributed by atoms with van der Waals surface area (Å²) in [6.45, 7) is 0.464. The van der Waals surface area contributed by atoms with Gasteiger partial charge in [-0.3, -0.25) is 4.79 Å². The molecule has 110 valence electrons. The average Bonchev–Trinajstić information content (AvgIpc) is 2.48. The minimum atomic E-state index is -0.316. The largest absolute Gasteiger partial charge is 0.382 e. The number of carbonyl (C=O) groups excluding carboxylic acids is 1. The van der Waals surface area contributed by atoms with Crippen molar-refractivity contribution in [2.75, 3.05) is 26.4 Å². The summed E-state index contributed by atoms with van der Waals surface area (Å²) >= 11 is 0. The fourth-order valence-electron chi connectivity index (χ4n) is 2.07. The monoisotopic (exact) mass is 285 g/mol. The normalized spacial score (nSPS) is 12.1. The highest BCUT2D eigenvalue weighted by molar-refractivity contribution is 5.96. The first-order valence-corrected chi connectivity index (χ1v) is 6.65. The number of likely N-dealkylation sites (N-methyl/N-ethyl adjacent to an activating group) is 1. The predicted molar refractivity (Wildman–Crippen MR) is 81.6 cm³/mol. The van der Waals surface area contributed by atoms with Crippen molar-refractivity contribution in [3.05, 3.63) is 54.0 Å². The molecule has 0 aliphatic rings. The molecule has 3 N–H and O–H groups in total. The SMILES string of the molecule is CN(C)C(CNC(=O)c1nccnc1N)c1ccccc1. The fraction of sp³-hybridized carbons (Fsp3) is 0.267. The molecular weight excluding hydrogens is 266 g/mol. The highest BCUT2D eigenvalue weighted by Crippen LogP contribution is 2.17. The van der Waals surface area contributed by atoms with Gasteiger partial charge in [0, 0.05) is 18.9 Å². The number of nitrogens with zero attached hydrogens (tertiary/aromatic N) is 3. The van der Waals surface area contributed by atoms with Crippen molar-refractivity contribution in [2.24, 2.45) is 0 Å². The molecule has 0 radical (unpaired) electrons. The van der Waals surface area contributed by atoms with Crippen LogP contribution in [0, 0.1) is 0 Å². The number of carbonyl (C=O) groups is 1. The summed E-state index contributed by atoms with van der Waals surface area (Å²) < 4.78 is 0. The van der Waals surface area contributed by atoms with Gasteiger partial charge < -0.3 is 16.0 Å². The molecule has 0 saturated carbocycles. The summed E-state index contributed by atoms with van der Waals surface area (Å²) in [5.74, 6) is -0.181. The van der Waals surface area contributed by atoms with Crippen LogP contribution in [0.4, 0.5) is 5.82 Å². The second kappa shape index (κ2) is 6.81. The van der Waals surface area contributed by atoms with Crippen molar-refractivity contribution in [1.82, 2.24) is 20.2 Å². The van der Waals surface area contributed by atoms with Crippen LogP contribution in [0.15, 0.2) is 42.7 Å². The minimum absolute atomic E-state index is 0.0769. The number of aromatic nitrogens is 2. The van der Waals surface area contributed by atoms with Crippen LogP contribution in [0.5, 0.6) is 0 Å². The van der Waals surface area contributed by atoms with E-state index in [1.54, 1.807) is 0 Å². The smallest absolute Gasteiger partial charge is 0.273 e. The van der Waals surface area contributed by atoms with Gasteiger partial charge in [-0.25, -0.2) is 9.97 Å². The summed E-state index contributed by atoms with van der Waals surface area (Å²) in [6, 6.07) is 10.1. The predicted octanol–water partition coefficient (Wildman–Crippen LogP) is 1.09. The molecule has 0 spiro atoms. The lowest BCUT2D eigenvalue weighted by Crippen LogP contribution is -2.35. The first-order chi connectivity index (χ1) is 10.1. The van der Waals surface area contributed by atoms with Crippen LogP contribution in [-0.2, 0) is 0 Å². The maximum Gasteiger partial charge on any atom is 0.273 e. The number of hydrogen-bond acceptors (Lipinski definition) is 5. The van der Waals surface area contributed by atoms with Crippen LogP contribution in [0.1, 0.15) is 22.1 Å². The number of rotatable bonds is 5. The third kappa shape index (κ3) is 3.76. The minimum Gasteiger partial charge on any atom is -0.382 e. The topological polar surface area (TPSA) is 84.1 Å². The van der Waals surface area contributed by atoms with Gasteiger partial charge in [0.15, 0.2) is 11.5 Å². The molecule has 0 aliphatic carbocycles. The maximum atomic E-state index is 12.1. The second-order valence-corrected chi connectivity index (χ2v) is 4.89. The summed E-state index contributed by atoms with van der Waals surface area (Å²) in [4.78, 5) is 22.0. The zero-order valence-corrected chi connectivity index (χ0v) is 12.2. The van der Waals surface area contributed by atoms with Gasteiger partial charge in [-0.2, -0.15) is 0 Å². The summed E-state index contributed by atoms with van der Waals surface area (Å²) in [7, 11) is 3.95. The van der Waals surface area contributed by atoms with Crippen LogP contribution >= 0.6 is 0 Å². The Kier molecular flexibility index (Phi) is 4.84. The zero-order chi connectivity index (χ0) is 15.2. The van der Waals surface area contributed by atoms with Crippen molar-refractivity contribution in [1.29, 1.82) is 0 Å². The van der Waals surface area contributed by atoms with E-state index in [2.05, 4.69) is 20.2 Å². The molecular formula is C15H19N5O. The molecule has 1 unspecified atom stereocenters. The molecule has 6 nitrogen and oxygen atoms in total. The molecule has 1 heterocycles. The third-order valence-electron chi connectivity index (χ3n) is 3.21. The molecule has 21 heavy (non-hydrogen) atoms. The van der Waals surface area contributed by atoms with Crippen LogP contribution in [0.25, 0.3) is 0 Å². The highest BCUT2D eigenvalue weighted by atomic mass is 16.1. The average molecular weight is 285 g/mol. The maximum absolute atomic E-state index is 12.1. The lowest BCUT2D eigenvalue weighted by Gasteiger charge is -2.25. The molecule has 2 aromatic rings. The van der Waals surface area contributed by atoms with Crippen molar-refractivity contribution < 1.29 is 4.79 Å². The van der Waals surface area contributed by atoms with Crippen molar-refractivity contribution in [3.63, 3.8) is 0 Å². The first kappa shape index (κ1) is 14.9. The Morgan fingerprint density at radius 1 is 1.24 bits per heavy atom. The van der Waals surface area contributed by atoms with E-state index in [0.29, 0.717) is 6.54 Å². The van der Waals surface area contributed by atoms with E-state index in [1.165, 1.54) is 12.4 Å². The number of benzene rings is 1. The number of hydrogen-bond donors (Lipinski definition) is 2. The van der Waals surface area contributed by atoms with Gasteiger partial charge >= 0.3 is 0 Å². The van der Waals surface area contributed by atoms with Gasteiger partial charge in [0.05, 0.1) is 6.04 Å². The number of nitrogen functional groups attached to an aromatic ring is 1. The summed E-state index contributed by atoms with van der Waals surface area (Å²) in [5.41, 5.74) is 6.94. The molecule has 1 aromatic carbocycles. The summed E-state index contributed by atoms with van der Waals surface area (Å²) in [6.07, 6.45) is 2.91. The highest BCUT2D eigenvalue weighted by Gasteiger charge is 2.17. The fourth-order valence-corrected chi connectivity index (χ4v) is 2.07. The van der Waals surface area contributed by atoms with Gasteiger partial charge in [0.25, 0.3) is 5.91 Å². The van der Waals surface area contributed by atoms with Crippen molar-refractivity contribution in [2.45, 2.75) is 6.04 Å². The molecule has 0 fully saturated rings. The number of nitrogens with one attached hydrogen (secondary N) is 1. The molecule has 0 bridgehead atoms. The van der Waals surface area contributed by atoms with E-state index in [4.69, 9.17) is 5.73 Å². The van der Waals surface area contributed by atoms with E-state index in [1.807, 2.05) is 44.4 Å². The van der Waals surface area contributed by atoms with Crippen LogP contribution in [0.2, 0.25) is 0 Å². The lowest BCUT2D eigenvalue weighted by molar-refractivity contribution is 0.0937. The lowest BCUT2D eigenvalue weighted by atomic mass is 10.1. The van der Waals surface area contributed by atoms with E-state index >= 15 is 0 Å². The van der Waals surface area contributed by atoms with E-state index in [0.717, 1.165) is 5.56 Å². The van der Waals surface area contributed by atoms with Gasteiger partial charge in [-0.15, -0.1) is 0 Å². The second-order valence-electron chi connectivity index (χ2n) is 4.89. The van der Waals surface area contributed by atoms with Crippen molar-refractivity contribution >= 4 is 11.7 Å². The van der Waals surface area contributed by atoms with E-state index < -0.39 is 0 Å². The Hall–Kier alpha value is -2.47. The van der Waals surface area contributed by atoms with Crippen LogP contribution < -0.4 is 11.1 Å². The Balaban J connectivity index is 2.06. The molecule has 2 rings (SSSR count). The molecule has 0 aliphatic heterocycles. The Bertz CT molecular complexity index is 600. The quantitative estimate of drug-likeness (QED) is 0.859. The number of amides is 1. The molecule has 6 heteroatoms. The molecule has 1 amide bonds. The zero-order valence-electron chi connectivity index (χ0n) is 12.2. The van der Waals surface area contributed by atoms with Crippen LogP contribution in [-0.4, -0.2) is 41.4 Å². The molecule has 1 atom stereocenters. The molecule has 1 aromatic heterocycles. The van der Waals surface area contributed by atoms with E-state index in [-0.39, 0.29) is 23.5 Å². The van der Waals surface area contributed by atoms with E-state index in [9.17, 15) is 4.79 Å². The first-order valence-electron chi connectivity index (χ1n) is 6.65. The number of anilines is 1. The van der Waals surface area contributed by atoms with Crippen LogP contribution in [0.3, 0.4) is 0 Å². The van der Waals surface area contributed by atoms with Gasteiger partial charge in [0.2, 0.25) is 0 Å². The van der Waals surface area contributed by atoms with Gasteiger partial charge in [-0.1, -0.05) is 30.3 Å². The van der Waals surface area contributed by atoms with Crippen molar-refractivity contribution in [3.8, 4) is 0 Å². The van der Waals surface area contributed by atoms with Gasteiger partial charge in [0.1, 0.15) is 0 Å². The third-order valence-corrected chi connectivity index (χ3v) is 3.21. The Labute approximate surface area is 124 Å².